The van der Waals surface area contributed by atoms with Crippen LogP contribution in [0, 0.1) is 11.8 Å². The van der Waals surface area contributed by atoms with Gasteiger partial charge in [-0.05, 0) is 55.7 Å². The van der Waals surface area contributed by atoms with Crippen molar-refractivity contribution in [1.29, 1.82) is 0 Å². The first-order valence-electron chi connectivity index (χ1n) is 11.4. The number of methoxy groups -OCH3 is 1. The normalized spacial score (nSPS) is 25.3. The third-order valence-electron chi connectivity index (χ3n) is 7.17. The third kappa shape index (κ3) is 3.91. The predicted molar refractivity (Wildman–Crippen MR) is 117 cm³/mol. The minimum absolute atomic E-state index is 0.0483. The van der Waals surface area contributed by atoms with Crippen LogP contribution in [-0.2, 0) is 9.59 Å². The summed E-state index contributed by atoms with van der Waals surface area (Å²) >= 11 is 0. The topological polar surface area (TPSA) is 108 Å². The van der Waals surface area contributed by atoms with E-state index in [1.807, 2.05) is 23.1 Å². The molecule has 32 heavy (non-hydrogen) atoms. The molecule has 1 saturated carbocycles. The number of aromatic nitrogens is 2. The van der Waals surface area contributed by atoms with Gasteiger partial charge in [0.05, 0.1) is 19.2 Å². The van der Waals surface area contributed by atoms with Crippen LogP contribution in [0.1, 0.15) is 42.6 Å². The van der Waals surface area contributed by atoms with Gasteiger partial charge < -0.3 is 19.9 Å². The zero-order valence-corrected chi connectivity index (χ0v) is 18.3. The Morgan fingerprint density at radius 3 is 2.72 bits per heavy atom. The lowest BCUT2D eigenvalue weighted by atomic mass is 10.0. The Balaban J connectivity index is 1.16. The second kappa shape index (κ2) is 8.44. The molecule has 3 fully saturated rings. The Morgan fingerprint density at radius 2 is 2.00 bits per heavy atom. The molecule has 3 aliphatic rings. The molecule has 0 bridgehead atoms. The first-order valence-corrected chi connectivity index (χ1v) is 11.4. The van der Waals surface area contributed by atoms with Crippen molar-refractivity contribution in [2.24, 2.45) is 11.8 Å². The smallest absolute Gasteiger partial charge is 0.272 e. The first-order chi connectivity index (χ1) is 15.5. The number of hydrogen-bond donors (Lipinski definition) is 2. The summed E-state index contributed by atoms with van der Waals surface area (Å²) in [7, 11) is 1.59. The van der Waals surface area contributed by atoms with Crippen molar-refractivity contribution in [2.75, 3.05) is 33.3 Å². The van der Waals surface area contributed by atoms with E-state index in [0.29, 0.717) is 49.3 Å². The number of carbonyl (C=O) groups is 3. The monoisotopic (exact) mass is 439 g/mol. The second-order valence-electron chi connectivity index (χ2n) is 9.22. The molecule has 0 spiro atoms. The van der Waals surface area contributed by atoms with Gasteiger partial charge in [0.1, 0.15) is 5.75 Å². The van der Waals surface area contributed by atoms with E-state index in [1.54, 1.807) is 12.0 Å². The second-order valence-corrected chi connectivity index (χ2v) is 9.22. The number of fused-ring (bicyclic) bond motifs is 2. The number of ether oxygens (including phenoxy) is 1. The van der Waals surface area contributed by atoms with Crippen LogP contribution in [0.3, 0.4) is 0 Å². The van der Waals surface area contributed by atoms with Crippen LogP contribution in [0.15, 0.2) is 18.2 Å². The van der Waals surface area contributed by atoms with E-state index in [9.17, 15) is 14.4 Å². The van der Waals surface area contributed by atoms with Gasteiger partial charge in [-0.1, -0.05) is 0 Å². The summed E-state index contributed by atoms with van der Waals surface area (Å²) in [4.78, 5) is 41.2. The number of likely N-dealkylation sites (tertiary alicyclic amines) is 2. The summed E-state index contributed by atoms with van der Waals surface area (Å²) in [5, 5.41) is 11.0. The van der Waals surface area contributed by atoms with Gasteiger partial charge in [0.15, 0.2) is 5.69 Å². The predicted octanol–water partition coefficient (Wildman–Crippen LogP) is 1.55. The Labute approximate surface area is 186 Å². The van der Waals surface area contributed by atoms with E-state index < -0.39 is 0 Å². The SMILES string of the molecule is COc1ccc2[nH]nc(C(=O)NC3CC4CN(C(=O)CN5CCCCC5=O)CC4C3)c2c1. The van der Waals surface area contributed by atoms with Gasteiger partial charge in [0.2, 0.25) is 11.8 Å². The van der Waals surface area contributed by atoms with Gasteiger partial charge in [-0.15, -0.1) is 0 Å². The number of benzene rings is 1. The fourth-order valence-electron chi connectivity index (χ4n) is 5.46. The number of carbonyl (C=O) groups excluding carboxylic acids is 3. The van der Waals surface area contributed by atoms with E-state index in [0.717, 1.165) is 36.6 Å². The van der Waals surface area contributed by atoms with Crippen molar-refractivity contribution in [2.45, 2.75) is 38.1 Å². The van der Waals surface area contributed by atoms with Crippen molar-refractivity contribution in [3.8, 4) is 5.75 Å². The number of nitrogens with one attached hydrogen (secondary N) is 2. The molecule has 170 valence electrons. The highest BCUT2D eigenvalue weighted by molar-refractivity contribution is 6.05. The molecular weight excluding hydrogens is 410 g/mol. The van der Waals surface area contributed by atoms with Crippen molar-refractivity contribution >= 4 is 28.6 Å². The maximum absolute atomic E-state index is 12.9. The molecule has 2 unspecified atom stereocenters. The van der Waals surface area contributed by atoms with Crippen molar-refractivity contribution in [3.63, 3.8) is 0 Å². The zero-order chi connectivity index (χ0) is 22.2. The average molecular weight is 440 g/mol. The average Bonchev–Trinajstić information content (AvgIpc) is 3.47. The standard InChI is InChI=1S/C23H29N5O4/c1-32-17-5-6-19-18(10-17)22(26-25-19)23(31)24-16-8-14-11-28(12-15(14)9-16)21(30)13-27-7-3-2-4-20(27)29/h5-6,10,14-16H,2-4,7-9,11-13H2,1H3,(H,24,31)(H,25,26). The number of nitrogens with zero attached hydrogens (tertiary/aromatic N) is 3. The molecule has 3 amide bonds. The Kier molecular flexibility index (Phi) is 5.48. The van der Waals surface area contributed by atoms with Crippen LogP contribution in [0.2, 0.25) is 0 Å². The molecule has 1 aromatic carbocycles. The molecule has 2 aromatic rings. The van der Waals surface area contributed by atoms with Crippen LogP contribution in [-0.4, -0.2) is 77.0 Å². The molecule has 9 heteroatoms. The Hall–Kier alpha value is -3.10. The van der Waals surface area contributed by atoms with Gasteiger partial charge in [0, 0.05) is 37.5 Å². The largest absolute Gasteiger partial charge is 0.497 e. The van der Waals surface area contributed by atoms with Crippen LogP contribution in [0.4, 0.5) is 0 Å². The highest BCUT2D eigenvalue weighted by Crippen LogP contribution is 2.38. The number of piperidine rings is 1. The maximum Gasteiger partial charge on any atom is 0.272 e. The van der Waals surface area contributed by atoms with Crippen molar-refractivity contribution < 1.29 is 19.1 Å². The number of amides is 3. The summed E-state index contributed by atoms with van der Waals surface area (Å²) in [5.74, 6) is 1.41. The molecule has 1 aliphatic carbocycles. The van der Waals surface area contributed by atoms with Gasteiger partial charge in [0.25, 0.3) is 5.91 Å². The van der Waals surface area contributed by atoms with E-state index in [-0.39, 0.29) is 30.3 Å². The summed E-state index contributed by atoms with van der Waals surface area (Å²) < 4.78 is 5.27. The molecule has 2 atom stereocenters. The Bertz CT molecular complexity index is 1040. The minimum Gasteiger partial charge on any atom is -0.497 e. The molecule has 2 N–H and O–H groups in total. The van der Waals surface area contributed by atoms with Crippen molar-refractivity contribution in [1.82, 2.24) is 25.3 Å². The molecule has 2 aliphatic heterocycles. The van der Waals surface area contributed by atoms with Crippen LogP contribution in [0.25, 0.3) is 10.9 Å². The number of H-pyrrole nitrogens is 1. The van der Waals surface area contributed by atoms with Gasteiger partial charge >= 0.3 is 0 Å². The number of aromatic amines is 1. The highest BCUT2D eigenvalue weighted by atomic mass is 16.5. The van der Waals surface area contributed by atoms with Crippen molar-refractivity contribution in [3.05, 3.63) is 23.9 Å². The molecule has 0 radical (unpaired) electrons. The lowest BCUT2D eigenvalue weighted by Gasteiger charge is -2.28. The van der Waals surface area contributed by atoms with E-state index >= 15 is 0 Å². The summed E-state index contributed by atoms with van der Waals surface area (Å²) in [5.41, 5.74) is 1.17. The van der Waals surface area contributed by atoms with E-state index in [1.165, 1.54) is 0 Å². The first kappa shape index (κ1) is 20.8. The minimum atomic E-state index is -0.189. The Morgan fingerprint density at radius 1 is 1.22 bits per heavy atom. The van der Waals surface area contributed by atoms with Gasteiger partial charge in [-0.2, -0.15) is 5.10 Å². The molecular formula is C23H29N5O4. The number of rotatable bonds is 5. The quantitative estimate of drug-likeness (QED) is 0.735. The van der Waals surface area contributed by atoms with Crippen LogP contribution < -0.4 is 10.1 Å². The maximum atomic E-state index is 12.9. The van der Waals surface area contributed by atoms with E-state index in [2.05, 4.69) is 15.5 Å². The lowest BCUT2D eigenvalue weighted by Crippen LogP contribution is -2.44. The fourth-order valence-corrected chi connectivity index (χ4v) is 5.46. The molecule has 1 aromatic heterocycles. The summed E-state index contributed by atoms with van der Waals surface area (Å²) in [6.07, 6.45) is 4.16. The van der Waals surface area contributed by atoms with Crippen LogP contribution in [0.5, 0.6) is 5.75 Å². The third-order valence-corrected chi connectivity index (χ3v) is 7.17. The zero-order valence-electron chi connectivity index (χ0n) is 18.3. The van der Waals surface area contributed by atoms with Crippen LogP contribution >= 0.6 is 0 Å². The van der Waals surface area contributed by atoms with E-state index in [4.69, 9.17) is 4.74 Å². The molecule has 3 heterocycles. The summed E-state index contributed by atoms with van der Waals surface area (Å²) in [6, 6.07) is 5.57. The summed E-state index contributed by atoms with van der Waals surface area (Å²) in [6.45, 7) is 2.31. The van der Waals surface area contributed by atoms with Gasteiger partial charge in [-0.3, -0.25) is 19.5 Å². The highest BCUT2D eigenvalue weighted by Gasteiger charge is 2.43. The fraction of sp³-hybridized carbons (Fsp3) is 0.565. The lowest BCUT2D eigenvalue weighted by molar-refractivity contribution is -0.141. The molecule has 2 saturated heterocycles. The molecule has 5 rings (SSSR count). The van der Waals surface area contributed by atoms with Gasteiger partial charge in [-0.25, -0.2) is 0 Å². The molecule has 9 nitrogen and oxygen atoms in total. The number of hydrogen-bond acceptors (Lipinski definition) is 5.